The number of aliphatic hydroxyl groups is 1. The Balaban J connectivity index is 1.52. The van der Waals surface area contributed by atoms with Gasteiger partial charge in [0.2, 0.25) is 0 Å². The number of halogens is 1. The van der Waals surface area contributed by atoms with Gasteiger partial charge in [-0.15, -0.1) is 0 Å². The molecule has 6 rings (SSSR count). The number of esters is 1. The molecule has 196 valence electrons. The van der Waals surface area contributed by atoms with Gasteiger partial charge in [-0.1, -0.05) is 35.1 Å². The first-order chi connectivity index (χ1) is 18.9. The van der Waals surface area contributed by atoms with Crippen LogP contribution in [-0.4, -0.2) is 48.1 Å². The lowest BCUT2D eigenvalue weighted by Gasteiger charge is -2.23. The van der Waals surface area contributed by atoms with Gasteiger partial charge in [-0.25, -0.2) is 9.78 Å². The van der Waals surface area contributed by atoms with Crippen LogP contribution in [0.2, 0.25) is 5.02 Å². The number of aromatic nitrogens is 1. The number of rotatable bonds is 4. The summed E-state index contributed by atoms with van der Waals surface area (Å²) in [6.07, 6.45) is 0. The van der Waals surface area contributed by atoms with Crippen LogP contribution in [0.25, 0.3) is 16.0 Å². The summed E-state index contributed by atoms with van der Waals surface area (Å²) in [4.78, 5) is 44.8. The SMILES string of the molecule is COC(=O)c1ccc(C2C(=C(O)c3ccc4c(c3)OCCO4)C(=O)C(=O)N2c2nc3ccc(Cl)cc3s2)cc1. The van der Waals surface area contributed by atoms with E-state index in [4.69, 9.17) is 25.8 Å². The number of amides is 1. The Hall–Kier alpha value is -4.41. The molecule has 2 aliphatic heterocycles. The van der Waals surface area contributed by atoms with E-state index in [-0.39, 0.29) is 22.0 Å². The van der Waals surface area contributed by atoms with Crippen molar-refractivity contribution in [3.05, 3.63) is 87.9 Å². The third-order valence-electron chi connectivity index (χ3n) is 6.45. The van der Waals surface area contributed by atoms with E-state index in [0.717, 1.165) is 4.70 Å². The molecular formula is C28H19ClN2O7S. The second kappa shape index (κ2) is 9.72. The van der Waals surface area contributed by atoms with Crippen molar-refractivity contribution in [3.8, 4) is 11.5 Å². The number of carbonyl (C=O) groups is 3. The quantitative estimate of drug-likeness (QED) is 0.157. The van der Waals surface area contributed by atoms with Crippen molar-refractivity contribution in [2.45, 2.75) is 6.04 Å². The molecule has 0 radical (unpaired) electrons. The number of fused-ring (bicyclic) bond motifs is 2. The Morgan fingerprint density at radius 2 is 1.74 bits per heavy atom. The molecule has 1 unspecified atom stereocenters. The van der Waals surface area contributed by atoms with E-state index in [0.29, 0.717) is 46.4 Å². The summed E-state index contributed by atoms with van der Waals surface area (Å²) in [6.45, 7) is 0.744. The van der Waals surface area contributed by atoms with Crippen LogP contribution in [0, 0.1) is 0 Å². The molecule has 0 spiro atoms. The molecule has 2 aliphatic rings. The lowest BCUT2D eigenvalue weighted by Crippen LogP contribution is -2.29. The molecule has 3 heterocycles. The van der Waals surface area contributed by atoms with Gasteiger partial charge in [0.15, 0.2) is 16.6 Å². The van der Waals surface area contributed by atoms with E-state index in [1.807, 2.05) is 0 Å². The van der Waals surface area contributed by atoms with Crippen molar-refractivity contribution in [3.63, 3.8) is 0 Å². The van der Waals surface area contributed by atoms with Crippen LogP contribution in [0.3, 0.4) is 0 Å². The van der Waals surface area contributed by atoms with Gasteiger partial charge in [0, 0.05) is 10.6 Å². The number of Topliss-reactive ketones (excluding diaryl/α,β-unsaturated/α-hetero) is 1. The fourth-order valence-corrected chi connectivity index (χ4v) is 5.87. The highest BCUT2D eigenvalue weighted by molar-refractivity contribution is 7.22. The standard InChI is InChI=1S/C28H19ClN2O7S/c1-36-27(35)15-4-2-14(3-5-15)23-22(24(32)16-6-9-19-20(12-16)38-11-10-37-19)25(33)26(34)31(23)28-30-18-8-7-17(29)13-21(18)39-28/h2-9,12-13,23,32H,10-11H2,1H3. The molecule has 0 bridgehead atoms. The molecule has 4 aromatic rings. The van der Waals surface area contributed by atoms with E-state index in [9.17, 15) is 19.5 Å². The van der Waals surface area contributed by atoms with E-state index in [1.54, 1.807) is 48.5 Å². The van der Waals surface area contributed by atoms with Gasteiger partial charge in [-0.05, 0) is 54.1 Å². The van der Waals surface area contributed by atoms with Crippen LogP contribution in [0.5, 0.6) is 11.5 Å². The maximum atomic E-state index is 13.5. The highest BCUT2D eigenvalue weighted by Crippen LogP contribution is 2.45. The molecule has 11 heteroatoms. The summed E-state index contributed by atoms with van der Waals surface area (Å²) in [5, 5.41) is 12.2. The van der Waals surface area contributed by atoms with Crippen LogP contribution >= 0.6 is 22.9 Å². The maximum absolute atomic E-state index is 13.5. The number of benzene rings is 3. The van der Waals surface area contributed by atoms with Gasteiger partial charge in [-0.3, -0.25) is 14.5 Å². The van der Waals surface area contributed by atoms with Gasteiger partial charge in [0.05, 0.1) is 34.5 Å². The van der Waals surface area contributed by atoms with E-state index in [2.05, 4.69) is 4.98 Å². The third kappa shape index (κ3) is 4.27. The number of nitrogens with zero attached hydrogens (tertiary/aromatic N) is 2. The number of ketones is 1. The van der Waals surface area contributed by atoms with Gasteiger partial charge in [-0.2, -0.15) is 0 Å². The predicted octanol–water partition coefficient (Wildman–Crippen LogP) is 5.13. The molecule has 9 nitrogen and oxygen atoms in total. The highest BCUT2D eigenvalue weighted by Gasteiger charge is 2.48. The zero-order valence-corrected chi connectivity index (χ0v) is 21.9. The molecule has 1 atom stereocenters. The first kappa shape index (κ1) is 24.9. The summed E-state index contributed by atoms with van der Waals surface area (Å²) < 4.78 is 16.7. The Morgan fingerprint density at radius 3 is 2.49 bits per heavy atom. The van der Waals surface area contributed by atoms with Crippen LogP contribution in [-0.2, 0) is 14.3 Å². The molecule has 1 N–H and O–H groups in total. The second-order valence-corrected chi connectivity index (χ2v) is 10.2. The lowest BCUT2D eigenvalue weighted by atomic mass is 9.94. The number of carbonyl (C=O) groups excluding carboxylic acids is 3. The van der Waals surface area contributed by atoms with Crippen LogP contribution in [0.15, 0.2) is 66.2 Å². The van der Waals surface area contributed by atoms with Gasteiger partial charge in [0.25, 0.3) is 5.78 Å². The van der Waals surface area contributed by atoms with Crippen LogP contribution < -0.4 is 14.4 Å². The van der Waals surface area contributed by atoms with E-state index < -0.39 is 23.7 Å². The van der Waals surface area contributed by atoms with Crippen LogP contribution in [0.1, 0.15) is 27.5 Å². The molecule has 1 aromatic heterocycles. The van der Waals surface area contributed by atoms with Gasteiger partial charge in [0.1, 0.15) is 19.0 Å². The molecule has 3 aromatic carbocycles. The van der Waals surface area contributed by atoms with Crippen molar-refractivity contribution < 1.29 is 33.7 Å². The molecule has 1 saturated heterocycles. The second-order valence-electron chi connectivity index (χ2n) is 8.75. The largest absolute Gasteiger partial charge is 0.507 e. The Labute approximate surface area is 230 Å². The summed E-state index contributed by atoms with van der Waals surface area (Å²) in [6, 6.07) is 15.2. The lowest BCUT2D eigenvalue weighted by molar-refractivity contribution is -0.132. The number of aliphatic hydroxyl groups excluding tert-OH is 1. The Morgan fingerprint density at radius 1 is 1.03 bits per heavy atom. The average Bonchev–Trinajstić information content (AvgIpc) is 3.49. The normalized spacial score (nSPS) is 18.0. The van der Waals surface area contributed by atoms with Crippen molar-refractivity contribution in [2.24, 2.45) is 0 Å². The van der Waals surface area contributed by atoms with E-state index in [1.165, 1.54) is 35.5 Å². The number of hydrogen-bond acceptors (Lipinski definition) is 9. The zero-order chi connectivity index (χ0) is 27.3. The first-order valence-corrected chi connectivity index (χ1v) is 13.0. The molecule has 0 saturated carbocycles. The summed E-state index contributed by atoms with van der Waals surface area (Å²) in [5.74, 6) is -1.69. The fourth-order valence-electron chi connectivity index (χ4n) is 4.60. The highest BCUT2D eigenvalue weighted by atomic mass is 35.5. The number of hydrogen-bond donors (Lipinski definition) is 1. The third-order valence-corrected chi connectivity index (χ3v) is 7.71. The van der Waals surface area contributed by atoms with Crippen molar-refractivity contribution in [2.75, 3.05) is 25.2 Å². The molecule has 1 fully saturated rings. The topological polar surface area (TPSA) is 115 Å². The monoisotopic (exact) mass is 562 g/mol. The minimum absolute atomic E-state index is 0.125. The zero-order valence-electron chi connectivity index (χ0n) is 20.3. The number of ether oxygens (including phenoxy) is 3. The van der Waals surface area contributed by atoms with Crippen LogP contribution in [0.4, 0.5) is 5.13 Å². The van der Waals surface area contributed by atoms with Crippen molar-refractivity contribution in [1.29, 1.82) is 0 Å². The minimum atomic E-state index is -1.03. The predicted molar refractivity (Wildman–Crippen MR) is 145 cm³/mol. The fraction of sp³-hybridized carbons (Fsp3) is 0.143. The molecule has 39 heavy (non-hydrogen) atoms. The van der Waals surface area contributed by atoms with Gasteiger partial charge < -0.3 is 19.3 Å². The van der Waals surface area contributed by atoms with E-state index >= 15 is 0 Å². The Kier molecular flexibility index (Phi) is 6.20. The average molecular weight is 563 g/mol. The minimum Gasteiger partial charge on any atom is -0.507 e. The molecular weight excluding hydrogens is 544 g/mol. The number of methoxy groups -OCH3 is 1. The number of thiazole rings is 1. The summed E-state index contributed by atoms with van der Waals surface area (Å²) >= 11 is 7.34. The maximum Gasteiger partial charge on any atom is 0.337 e. The molecule has 0 aliphatic carbocycles. The Bertz CT molecular complexity index is 1700. The first-order valence-electron chi connectivity index (χ1n) is 11.8. The molecule has 1 amide bonds. The summed E-state index contributed by atoms with van der Waals surface area (Å²) in [5.41, 5.74) is 1.54. The van der Waals surface area contributed by atoms with Crippen molar-refractivity contribution >= 4 is 61.7 Å². The van der Waals surface area contributed by atoms with Crippen molar-refractivity contribution in [1.82, 2.24) is 4.98 Å². The summed E-state index contributed by atoms with van der Waals surface area (Å²) in [7, 11) is 1.28. The smallest absolute Gasteiger partial charge is 0.337 e. The number of anilines is 1. The van der Waals surface area contributed by atoms with Gasteiger partial charge >= 0.3 is 11.9 Å².